The normalized spacial score (nSPS) is 38.9. The first kappa shape index (κ1) is 10.3. The Bertz CT molecular complexity index is 362. The van der Waals surface area contributed by atoms with Crippen LogP contribution in [0.2, 0.25) is 0 Å². The maximum atomic E-state index is 10.8. The highest BCUT2D eigenvalue weighted by molar-refractivity contribution is 5.24. The minimum Gasteiger partial charge on any atom is -0.385 e. The molecule has 0 amide bonds. The van der Waals surface area contributed by atoms with E-state index in [4.69, 9.17) is 0 Å². The summed E-state index contributed by atoms with van der Waals surface area (Å²) in [7, 11) is 2.20. The summed E-state index contributed by atoms with van der Waals surface area (Å²) in [5, 5.41) is 10.8. The van der Waals surface area contributed by atoms with Crippen molar-refractivity contribution >= 4 is 0 Å². The summed E-state index contributed by atoms with van der Waals surface area (Å²) in [6, 6.07) is 11.3. The van der Waals surface area contributed by atoms with Crippen LogP contribution in [0.5, 0.6) is 0 Å². The Morgan fingerprint density at radius 1 is 1.12 bits per heavy atom. The smallest absolute Gasteiger partial charge is 0.0926 e. The van der Waals surface area contributed by atoms with E-state index in [-0.39, 0.29) is 0 Å². The average molecular weight is 217 g/mol. The Hall–Kier alpha value is -0.860. The lowest BCUT2D eigenvalue weighted by molar-refractivity contribution is -0.0493. The van der Waals surface area contributed by atoms with Crippen molar-refractivity contribution in [2.75, 3.05) is 7.05 Å². The highest BCUT2D eigenvalue weighted by atomic mass is 16.3. The molecular formula is C14H19NO. The van der Waals surface area contributed by atoms with Gasteiger partial charge in [0.2, 0.25) is 0 Å². The Morgan fingerprint density at radius 3 is 2.25 bits per heavy atom. The minimum atomic E-state index is -0.584. The number of hydrogen-bond donors (Lipinski definition) is 1. The molecule has 2 fully saturated rings. The van der Waals surface area contributed by atoms with Gasteiger partial charge in [-0.3, -0.25) is 0 Å². The molecule has 1 aromatic carbocycles. The lowest BCUT2D eigenvalue weighted by atomic mass is 9.81. The van der Waals surface area contributed by atoms with Crippen LogP contribution in [0.1, 0.15) is 31.2 Å². The van der Waals surface area contributed by atoms with Crippen LogP contribution in [0, 0.1) is 0 Å². The molecule has 0 spiro atoms. The molecule has 0 saturated carbocycles. The zero-order chi connectivity index (χ0) is 11.2. The van der Waals surface area contributed by atoms with Gasteiger partial charge in [0.15, 0.2) is 0 Å². The standard InChI is InChI=1S/C14H19NO/c1-15-12-7-8-13(15)10-14(16,9-12)11-5-3-2-4-6-11/h2-6,12-13,16H,7-10H2,1H3/t12-,13+,14?. The molecule has 0 aromatic heterocycles. The topological polar surface area (TPSA) is 23.5 Å². The summed E-state index contributed by atoms with van der Waals surface area (Å²) < 4.78 is 0. The van der Waals surface area contributed by atoms with Gasteiger partial charge >= 0.3 is 0 Å². The van der Waals surface area contributed by atoms with Crippen molar-refractivity contribution in [2.45, 2.75) is 43.4 Å². The van der Waals surface area contributed by atoms with Crippen LogP contribution >= 0.6 is 0 Å². The molecule has 1 aromatic rings. The van der Waals surface area contributed by atoms with Gasteiger partial charge < -0.3 is 10.0 Å². The molecule has 2 aliphatic heterocycles. The summed E-state index contributed by atoms with van der Waals surface area (Å²) in [5.74, 6) is 0. The molecule has 16 heavy (non-hydrogen) atoms. The summed E-state index contributed by atoms with van der Waals surface area (Å²) in [4.78, 5) is 2.46. The molecule has 1 N–H and O–H groups in total. The largest absolute Gasteiger partial charge is 0.385 e. The summed E-state index contributed by atoms with van der Waals surface area (Å²) >= 11 is 0. The highest BCUT2D eigenvalue weighted by Gasteiger charge is 2.46. The quantitative estimate of drug-likeness (QED) is 0.779. The van der Waals surface area contributed by atoms with Crippen molar-refractivity contribution in [1.82, 2.24) is 4.90 Å². The number of fused-ring (bicyclic) bond motifs is 2. The predicted molar refractivity (Wildman–Crippen MR) is 64.1 cm³/mol. The van der Waals surface area contributed by atoms with Crippen molar-refractivity contribution in [1.29, 1.82) is 0 Å². The zero-order valence-corrected chi connectivity index (χ0v) is 9.76. The molecule has 2 heteroatoms. The number of nitrogens with zero attached hydrogens (tertiary/aromatic N) is 1. The van der Waals surface area contributed by atoms with Gasteiger partial charge in [-0.25, -0.2) is 0 Å². The number of rotatable bonds is 1. The fourth-order valence-electron chi connectivity index (χ4n) is 3.43. The molecule has 0 aliphatic carbocycles. The molecule has 0 radical (unpaired) electrons. The summed E-state index contributed by atoms with van der Waals surface area (Å²) in [6.07, 6.45) is 4.28. The van der Waals surface area contributed by atoms with E-state index >= 15 is 0 Å². The second-order valence-electron chi connectivity index (χ2n) is 5.36. The third-order valence-electron chi connectivity index (χ3n) is 4.44. The van der Waals surface area contributed by atoms with Gasteiger partial charge in [0.1, 0.15) is 0 Å². The zero-order valence-electron chi connectivity index (χ0n) is 9.76. The Balaban J connectivity index is 1.91. The molecule has 3 atom stereocenters. The van der Waals surface area contributed by atoms with Crippen molar-refractivity contribution in [2.24, 2.45) is 0 Å². The monoisotopic (exact) mass is 217 g/mol. The van der Waals surface area contributed by atoms with E-state index < -0.39 is 5.60 Å². The fraction of sp³-hybridized carbons (Fsp3) is 0.571. The van der Waals surface area contributed by atoms with Crippen LogP contribution in [-0.4, -0.2) is 29.1 Å². The van der Waals surface area contributed by atoms with Gasteiger partial charge in [0.05, 0.1) is 5.60 Å². The van der Waals surface area contributed by atoms with Crippen LogP contribution in [0.15, 0.2) is 30.3 Å². The van der Waals surface area contributed by atoms with E-state index in [9.17, 15) is 5.11 Å². The molecule has 1 unspecified atom stereocenters. The minimum absolute atomic E-state index is 0.573. The molecule has 2 nitrogen and oxygen atoms in total. The van der Waals surface area contributed by atoms with Crippen LogP contribution in [0.4, 0.5) is 0 Å². The van der Waals surface area contributed by atoms with Gasteiger partial charge in [-0.1, -0.05) is 30.3 Å². The maximum absolute atomic E-state index is 10.8. The first-order valence-electron chi connectivity index (χ1n) is 6.19. The SMILES string of the molecule is CN1[C@@H]2CC[C@H]1CC(O)(c1ccccc1)C2. The molecule has 3 rings (SSSR count). The van der Waals surface area contributed by atoms with Crippen molar-refractivity contribution < 1.29 is 5.11 Å². The van der Waals surface area contributed by atoms with Gasteiger partial charge in [0.25, 0.3) is 0 Å². The van der Waals surface area contributed by atoms with Gasteiger partial charge in [0, 0.05) is 12.1 Å². The molecular weight excluding hydrogens is 198 g/mol. The molecule has 86 valence electrons. The molecule has 2 saturated heterocycles. The Labute approximate surface area is 96.9 Å². The molecule has 2 bridgehead atoms. The first-order chi connectivity index (χ1) is 7.69. The Morgan fingerprint density at radius 2 is 1.69 bits per heavy atom. The first-order valence-corrected chi connectivity index (χ1v) is 6.19. The Kier molecular flexibility index (Phi) is 2.30. The molecule has 2 aliphatic rings. The predicted octanol–water partition coefficient (Wildman–Crippen LogP) is 2.13. The van der Waals surface area contributed by atoms with Gasteiger partial charge in [-0.05, 0) is 38.3 Å². The number of hydrogen-bond acceptors (Lipinski definition) is 2. The highest BCUT2D eigenvalue weighted by Crippen LogP contribution is 2.44. The van der Waals surface area contributed by atoms with E-state index in [1.54, 1.807) is 0 Å². The van der Waals surface area contributed by atoms with Gasteiger partial charge in [-0.2, -0.15) is 0 Å². The average Bonchev–Trinajstić information content (AvgIpc) is 2.54. The van der Waals surface area contributed by atoms with E-state index in [0.29, 0.717) is 12.1 Å². The van der Waals surface area contributed by atoms with Crippen LogP contribution in [0.3, 0.4) is 0 Å². The third kappa shape index (κ3) is 1.48. The van der Waals surface area contributed by atoms with Gasteiger partial charge in [-0.15, -0.1) is 0 Å². The second kappa shape index (κ2) is 3.57. The summed E-state index contributed by atoms with van der Waals surface area (Å²) in [5.41, 5.74) is 0.513. The summed E-state index contributed by atoms with van der Waals surface area (Å²) in [6.45, 7) is 0. The van der Waals surface area contributed by atoms with E-state index in [1.165, 1.54) is 12.8 Å². The number of aliphatic hydroxyl groups is 1. The third-order valence-corrected chi connectivity index (χ3v) is 4.44. The van der Waals surface area contributed by atoms with E-state index in [1.807, 2.05) is 18.2 Å². The van der Waals surface area contributed by atoms with Crippen molar-refractivity contribution in [3.8, 4) is 0 Å². The maximum Gasteiger partial charge on any atom is 0.0926 e. The van der Waals surface area contributed by atoms with Crippen molar-refractivity contribution in [3.63, 3.8) is 0 Å². The fourth-order valence-corrected chi connectivity index (χ4v) is 3.43. The van der Waals surface area contributed by atoms with Crippen LogP contribution < -0.4 is 0 Å². The van der Waals surface area contributed by atoms with Crippen LogP contribution in [-0.2, 0) is 5.60 Å². The van der Waals surface area contributed by atoms with E-state index in [2.05, 4.69) is 24.1 Å². The van der Waals surface area contributed by atoms with Crippen molar-refractivity contribution in [3.05, 3.63) is 35.9 Å². The van der Waals surface area contributed by atoms with E-state index in [0.717, 1.165) is 18.4 Å². The van der Waals surface area contributed by atoms with Crippen LogP contribution in [0.25, 0.3) is 0 Å². The molecule has 2 heterocycles. The lowest BCUT2D eigenvalue weighted by Crippen LogP contribution is -2.47. The lowest BCUT2D eigenvalue weighted by Gasteiger charge is -2.42. The number of benzene rings is 1. The number of piperidine rings is 1. The second-order valence-corrected chi connectivity index (χ2v) is 5.36.